The Bertz CT molecular complexity index is 743. The normalized spacial score (nSPS) is 11.6. The van der Waals surface area contributed by atoms with Gasteiger partial charge in [-0.25, -0.2) is 4.79 Å². The zero-order chi connectivity index (χ0) is 18.9. The number of nitrogens with one attached hydrogen (secondary N) is 2. The van der Waals surface area contributed by atoms with E-state index in [0.29, 0.717) is 17.0 Å². The summed E-state index contributed by atoms with van der Waals surface area (Å²) in [5, 5.41) is 16.2. The molecule has 0 radical (unpaired) electrons. The van der Waals surface area contributed by atoms with Gasteiger partial charge in [0, 0.05) is 32.2 Å². The third kappa shape index (κ3) is 5.68. The summed E-state index contributed by atoms with van der Waals surface area (Å²) in [5.74, 6) is -1.73. The van der Waals surface area contributed by atoms with Gasteiger partial charge in [0.25, 0.3) is 11.8 Å². The highest BCUT2D eigenvalue weighted by Crippen LogP contribution is 2.09. The van der Waals surface area contributed by atoms with Crippen molar-refractivity contribution in [1.29, 1.82) is 0 Å². The van der Waals surface area contributed by atoms with Gasteiger partial charge in [0.15, 0.2) is 0 Å². The fourth-order valence-corrected chi connectivity index (χ4v) is 2.83. The van der Waals surface area contributed by atoms with Crippen LogP contribution in [0, 0.1) is 0 Å². The maximum Gasteiger partial charge on any atom is 0.326 e. The van der Waals surface area contributed by atoms with E-state index in [-0.39, 0.29) is 18.9 Å². The van der Waals surface area contributed by atoms with E-state index in [4.69, 9.17) is 9.84 Å². The molecule has 0 aliphatic rings. The standard InChI is InChI=1S/C18H20N2O5S/c1-25-9-8-14(18(23)24)20-16(21)13-6-4-12(5-7-13)11-19-17(22)15-3-2-10-26-15/h2-7,10,14H,8-9,11H2,1H3,(H,19,22)(H,20,21)(H,23,24). The Morgan fingerprint density at radius 2 is 1.88 bits per heavy atom. The lowest BCUT2D eigenvalue weighted by Crippen LogP contribution is -2.41. The Morgan fingerprint density at radius 1 is 1.15 bits per heavy atom. The second kappa shape index (κ2) is 9.69. The Morgan fingerprint density at radius 3 is 2.46 bits per heavy atom. The zero-order valence-corrected chi connectivity index (χ0v) is 15.0. The first-order chi connectivity index (χ1) is 12.5. The number of hydrogen-bond acceptors (Lipinski definition) is 5. The fourth-order valence-electron chi connectivity index (χ4n) is 2.19. The van der Waals surface area contributed by atoms with Crippen LogP contribution in [-0.2, 0) is 16.1 Å². The Hall–Kier alpha value is -2.71. The van der Waals surface area contributed by atoms with E-state index in [2.05, 4.69) is 10.6 Å². The molecule has 1 atom stereocenters. The molecule has 2 rings (SSSR count). The van der Waals surface area contributed by atoms with Crippen molar-refractivity contribution in [3.63, 3.8) is 0 Å². The first-order valence-electron chi connectivity index (χ1n) is 7.94. The topological polar surface area (TPSA) is 105 Å². The van der Waals surface area contributed by atoms with Crippen LogP contribution in [0.25, 0.3) is 0 Å². The minimum Gasteiger partial charge on any atom is -0.480 e. The number of carboxylic acid groups (broad SMARTS) is 1. The molecule has 2 amide bonds. The molecule has 3 N–H and O–H groups in total. The number of amides is 2. The highest BCUT2D eigenvalue weighted by Gasteiger charge is 2.20. The van der Waals surface area contributed by atoms with Crippen LogP contribution in [0.2, 0.25) is 0 Å². The van der Waals surface area contributed by atoms with Crippen LogP contribution in [0.4, 0.5) is 0 Å². The number of carbonyl (C=O) groups excluding carboxylic acids is 2. The van der Waals surface area contributed by atoms with E-state index in [1.54, 1.807) is 30.3 Å². The highest BCUT2D eigenvalue weighted by molar-refractivity contribution is 7.12. The molecule has 0 saturated heterocycles. The van der Waals surface area contributed by atoms with Crippen molar-refractivity contribution in [3.05, 3.63) is 57.8 Å². The van der Waals surface area contributed by atoms with Crippen LogP contribution in [0.15, 0.2) is 41.8 Å². The van der Waals surface area contributed by atoms with E-state index in [0.717, 1.165) is 5.56 Å². The number of thiophene rings is 1. The van der Waals surface area contributed by atoms with Gasteiger partial charge in [-0.15, -0.1) is 11.3 Å². The van der Waals surface area contributed by atoms with Crippen molar-refractivity contribution in [2.45, 2.75) is 19.0 Å². The third-order valence-electron chi connectivity index (χ3n) is 3.63. The smallest absolute Gasteiger partial charge is 0.326 e. The quantitative estimate of drug-likeness (QED) is 0.620. The largest absolute Gasteiger partial charge is 0.480 e. The van der Waals surface area contributed by atoms with Crippen molar-refractivity contribution >= 4 is 29.1 Å². The van der Waals surface area contributed by atoms with Crippen molar-refractivity contribution < 1.29 is 24.2 Å². The maximum atomic E-state index is 12.2. The molecule has 0 saturated carbocycles. The Balaban J connectivity index is 1.90. The van der Waals surface area contributed by atoms with Crippen LogP contribution in [0.3, 0.4) is 0 Å². The van der Waals surface area contributed by atoms with Crippen molar-refractivity contribution in [3.8, 4) is 0 Å². The van der Waals surface area contributed by atoms with Crippen LogP contribution < -0.4 is 10.6 Å². The van der Waals surface area contributed by atoms with Gasteiger partial charge in [-0.2, -0.15) is 0 Å². The number of aliphatic carboxylic acids is 1. The summed E-state index contributed by atoms with van der Waals surface area (Å²) < 4.78 is 4.85. The Labute approximate surface area is 155 Å². The van der Waals surface area contributed by atoms with Crippen LogP contribution in [0.5, 0.6) is 0 Å². The number of carboxylic acids is 1. The van der Waals surface area contributed by atoms with E-state index < -0.39 is 17.9 Å². The van der Waals surface area contributed by atoms with Gasteiger partial charge in [-0.05, 0) is 29.1 Å². The lowest BCUT2D eigenvalue weighted by molar-refractivity contribution is -0.139. The minimum atomic E-state index is -1.11. The summed E-state index contributed by atoms with van der Waals surface area (Å²) in [6, 6.07) is 9.17. The summed E-state index contributed by atoms with van der Waals surface area (Å²) in [7, 11) is 1.47. The Kier molecular flexibility index (Phi) is 7.31. The maximum absolute atomic E-state index is 12.2. The molecule has 0 aliphatic carbocycles. The summed E-state index contributed by atoms with van der Waals surface area (Å²) in [6.45, 7) is 0.574. The van der Waals surface area contributed by atoms with Crippen molar-refractivity contribution in [2.75, 3.05) is 13.7 Å². The fraction of sp³-hybridized carbons (Fsp3) is 0.278. The summed E-state index contributed by atoms with van der Waals surface area (Å²) in [5.41, 5.74) is 1.18. The van der Waals surface area contributed by atoms with E-state index in [1.165, 1.54) is 18.4 Å². The minimum absolute atomic E-state index is 0.149. The van der Waals surface area contributed by atoms with Gasteiger partial charge in [-0.1, -0.05) is 18.2 Å². The highest BCUT2D eigenvalue weighted by atomic mass is 32.1. The molecule has 8 heteroatoms. The van der Waals surface area contributed by atoms with Gasteiger partial charge in [-0.3, -0.25) is 9.59 Å². The molecular formula is C18H20N2O5S. The number of benzene rings is 1. The first kappa shape index (κ1) is 19.6. The van der Waals surface area contributed by atoms with Gasteiger partial charge in [0.2, 0.25) is 0 Å². The van der Waals surface area contributed by atoms with Gasteiger partial charge < -0.3 is 20.5 Å². The van der Waals surface area contributed by atoms with Crippen LogP contribution in [-0.4, -0.2) is 42.6 Å². The molecule has 1 aromatic heterocycles. The number of methoxy groups -OCH3 is 1. The second-order valence-corrected chi connectivity index (χ2v) is 6.45. The zero-order valence-electron chi connectivity index (χ0n) is 14.2. The third-order valence-corrected chi connectivity index (χ3v) is 4.50. The molecule has 26 heavy (non-hydrogen) atoms. The molecule has 1 unspecified atom stereocenters. The molecule has 2 aromatic rings. The van der Waals surface area contributed by atoms with Gasteiger partial charge in [0.05, 0.1) is 4.88 Å². The molecule has 0 fully saturated rings. The number of rotatable bonds is 9. The van der Waals surface area contributed by atoms with E-state index in [9.17, 15) is 14.4 Å². The summed E-state index contributed by atoms with van der Waals surface area (Å²) in [4.78, 5) is 35.9. The molecule has 0 bridgehead atoms. The molecular weight excluding hydrogens is 356 g/mol. The predicted molar refractivity (Wildman–Crippen MR) is 97.3 cm³/mol. The number of hydrogen-bond donors (Lipinski definition) is 3. The molecule has 7 nitrogen and oxygen atoms in total. The van der Waals surface area contributed by atoms with Gasteiger partial charge in [0.1, 0.15) is 6.04 Å². The monoisotopic (exact) mass is 376 g/mol. The predicted octanol–water partition coefficient (Wildman–Crippen LogP) is 1.90. The van der Waals surface area contributed by atoms with Crippen LogP contribution in [0.1, 0.15) is 32.0 Å². The second-order valence-electron chi connectivity index (χ2n) is 5.50. The molecule has 0 spiro atoms. The summed E-state index contributed by atoms with van der Waals surface area (Å²) >= 11 is 1.36. The van der Waals surface area contributed by atoms with Crippen LogP contribution >= 0.6 is 11.3 Å². The van der Waals surface area contributed by atoms with Crippen molar-refractivity contribution in [1.82, 2.24) is 10.6 Å². The lowest BCUT2D eigenvalue weighted by atomic mass is 10.1. The molecule has 1 heterocycles. The van der Waals surface area contributed by atoms with Crippen molar-refractivity contribution in [2.24, 2.45) is 0 Å². The first-order valence-corrected chi connectivity index (χ1v) is 8.82. The van der Waals surface area contributed by atoms with Gasteiger partial charge >= 0.3 is 5.97 Å². The molecule has 0 aliphatic heterocycles. The lowest BCUT2D eigenvalue weighted by Gasteiger charge is -2.14. The van der Waals surface area contributed by atoms with E-state index >= 15 is 0 Å². The molecule has 138 valence electrons. The molecule has 1 aromatic carbocycles. The number of carbonyl (C=O) groups is 3. The average Bonchev–Trinajstić information content (AvgIpc) is 3.18. The SMILES string of the molecule is COCCC(NC(=O)c1ccc(CNC(=O)c2cccs2)cc1)C(=O)O. The van der Waals surface area contributed by atoms with E-state index in [1.807, 2.05) is 11.4 Å². The number of ether oxygens (including phenoxy) is 1. The summed E-state index contributed by atoms with van der Waals surface area (Å²) in [6.07, 6.45) is 0.185. The average molecular weight is 376 g/mol.